The van der Waals surface area contributed by atoms with Crippen LogP contribution in [0.25, 0.3) is 0 Å². The summed E-state index contributed by atoms with van der Waals surface area (Å²) in [5.74, 6) is 0.279. The summed E-state index contributed by atoms with van der Waals surface area (Å²) < 4.78 is 0. The fourth-order valence-corrected chi connectivity index (χ4v) is 2.29. The van der Waals surface area contributed by atoms with Gasteiger partial charge in [0, 0.05) is 24.8 Å². The maximum Gasteiger partial charge on any atom is 0.222 e. The first-order chi connectivity index (χ1) is 8.77. The first-order valence-electron chi connectivity index (χ1n) is 6.65. The number of amides is 1. The number of rotatable bonds is 8. The maximum atomic E-state index is 12.1. The van der Waals surface area contributed by atoms with E-state index in [0.29, 0.717) is 6.42 Å². The molecule has 0 heterocycles. The predicted molar refractivity (Wildman–Crippen MR) is 79.8 cm³/mol. The molecule has 2 nitrogen and oxygen atoms in total. The minimum Gasteiger partial charge on any atom is -0.338 e. The van der Waals surface area contributed by atoms with E-state index in [0.717, 1.165) is 37.7 Å². The van der Waals surface area contributed by atoms with Gasteiger partial charge in [-0.05, 0) is 24.8 Å². The predicted octanol–water partition coefficient (Wildman–Crippen LogP) is 3.99. The van der Waals surface area contributed by atoms with Crippen molar-refractivity contribution in [1.82, 2.24) is 4.90 Å². The Hall–Kier alpha value is -0.830. The second-order valence-electron chi connectivity index (χ2n) is 4.45. The molecule has 0 unspecified atom stereocenters. The summed E-state index contributed by atoms with van der Waals surface area (Å²) in [5.41, 5.74) is 1.21. The van der Waals surface area contributed by atoms with E-state index in [1.54, 1.807) is 0 Å². The third kappa shape index (κ3) is 5.67. The Morgan fingerprint density at radius 1 is 1.22 bits per heavy atom. The van der Waals surface area contributed by atoms with E-state index in [4.69, 9.17) is 0 Å². The highest BCUT2D eigenvalue weighted by Gasteiger charge is 2.12. The lowest BCUT2D eigenvalue weighted by Gasteiger charge is -2.22. The molecule has 100 valence electrons. The standard InChI is InChI=1S/C15H22BrNO/c1-2-12-17(15(18)10-6-7-11-16)13-14-8-4-3-5-9-14/h3-5,8-9H,2,6-7,10-13H2,1H3. The van der Waals surface area contributed by atoms with Crippen molar-refractivity contribution in [2.75, 3.05) is 11.9 Å². The molecular formula is C15H22BrNO. The molecule has 1 aromatic rings. The van der Waals surface area contributed by atoms with Crippen molar-refractivity contribution in [3.8, 4) is 0 Å². The molecule has 0 fully saturated rings. The summed E-state index contributed by atoms with van der Waals surface area (Å²) in [4.78, 5) is 14.1. The highest BCUT2D eigenvalue weighted by molar-refractivity contribution is 9.09. The molecule has 0 bridgehead atoms. The van der Waals surface area contributed by atoms with E-state index in [-0.39, 0.29) is 5.91 Å². The number of benzene rings is 1. The number of halogens is 1. The molecule has 3 heteroatoms. The Bertz CT molecular complexity index is 340. The van der Waals surface area contributed by atoms with Crippen LogP contribution in [0.5, 0.6) is 0 Å². The van der Waals surface area contributed by atoms with Gasteiger partial charge in [-0.15, -0.1) is 0 Å². The van der Waals surface area contributed by atoms with Crippen LogP contribution in [-0.2, 0) is 11.3 Å². The van der Waals surface area contributed by atoms with Gasteiger partial charge in [-0.1, -0.05) is 53.2 Å². The highest BCUT2D eigenvalue weighted by atomic mass is 79.9. The molecule has 0 spiro atoms. The minimum absolute atomic E-state index is 0.279. The van der Waals surface area contributed by atoms with Gasteiger partial charge in [0.05, 0.1) is 0 Å². The van der Waals surface area contributed by atoms with E-state index in [1.807, 2.05) is 23.1 Å². The molecule has 0 atom stereocenters. The molecule has 0 saturated carbocycles. The summed E-state index contributed by atoms with van der Waals surface area (Å²) in [5, 5.41) is 0.979. The van der Waals surface area contributed by atoms with Gasteiger partial charge in [-0.2, -0.15) is 0 Å². The van der Waals surface area contributed by atoms with E-state index in [2.05, 4.69) is 35.0 Å². The van der Waals surface area contributed by atoms with Crippen LogP contribution in [0.4, 0.5) is 0 Å². The van der Waals surface area contributed by atoms with Crippen molar-refractivity contribution in [2.24, 2.45) is 0 Å². The van der Waals surface area contributed by atoms with Gasteiger partial charge >= 0.3 is 0 Å². The minimum atomic E-state index is 0.279. The summed E-state index contributed by atoms with van der Waals surface area (Å²) in [6, 6.07) is 10.2. The zero-order valence-electron chi connectivity index (χ0n) is 11.1. The maximum absolute atomic E-state index is 12.1. The van der Waals surface area contributed by atoms with E-state index >= 15 is 0 Å². The number of alkyl halides is 1. The second-order valence-corrected chi connectivity index (χ2v) is 5.24. The molecule has 1 aromatic carbocycles. The van der Waals surface area contributed by atoms with Crippen molar-refractivity contribution >= 4 is 21.8 Å². The van der Waals surface area contributed by atoms with Crippen LogP contribution in [0.15, 0.2) is 30.3 Å². The fourth-order valence-electron chi connectivity index (χ4n) is 1.89. The monoisotopic (exact) mass is 311 g/mol. The Labute approximate surface area is 119 Å². The smallest absolute Gasteiger partial charge is 0.222 e. The summed E-state index contributed by atoms with van der Waals surface area (Å²) >= 11 is 3.40. The Kier molecular flexibility index (Phi) is 7.74. The number of unbranched alkanes of at least 4 members (excludes halogenated alkanes) is 1. The quantitative estimate of drug-likeness (QED) is 0.525. The largest absolute Gasteiger partial charge is 0.338 e. The number of hydrogen-bond donors (Lipinski definition) is 0. The molecule has 0 aliphatic carbocycles. The molecule has 0 N–H and O–H groups in total. The molecule has 1 amide bonds. The molecule has 0 saturated heterocycles. The van der Waals surface area contributed by atoms with Crippen molar-refractivity contribution in [3.63, 3.8) is 0 Å². The highest BCUT2D eigenvalue weighted by Crippen LogP contribution is 2.09. The second kappa shape index (κ2) is 9.15. The Balaban J connectivity index is 2.50. The lowest BCUT2D eigenvalue weighted by atomic mass is 10.2. The average molecular weight is 312 g/mol. The van der Waals surface area contributed by atoms with Crippen LogP contribution in [0.3, 0.4) is 0 Å². The van der Waals surface area contributed by atoms with Crippen LogP contribution in [0.2, 0.25) is 0 Å². The molecule has 18 heavy (non-hydrogen) atoms. The average Bonchev–Trinajstić information content (AvgIpc) is 2.39. The van der Waals surface area contributed by atoms with Crippen LogP contribution >= 0.6 is 15.9 Å². The van der Waals surface area contributed by atoms with E-state index in [1.165, 1.54) is 5.56 Å². The van der Waals surface area contributed by atoms with Crippen LogP contribution in [-0.4, -0.2) is 22.7 Å². The third-order valence-electron chi connectivity index (χ3n) is 2.84. The molecule has 0 aliphatic rings. The number of carbonyl (C=O) groups is 1. The first-order valence-corrected chi connectivity index (χ1v) is 7.77. The molecule has 0 aliphatic heterocycles. The van der Waals surface area contributed by atoms with Crippen LogP contribution < -0.4 is 0 Å². The third-order valence-corrected chi connectivity index (χ3v) is 3.40. The van der Waals surface area contributed by atoms with Crippen molar-refractivity contribution in [2.45, 2.75) is 39.2 Å². The zero-order valence-corrected chi connectivity index (χ0v) is 12.7. The zero-order chi connectivity index (χ0) is 13.2. The Morgan fingerprint density at radius 2 is 1.94 bits per heavy atom. The van der Waals surface area contributed by atoms with E-state index < -0.39 is 0 Å². The van der Waals surface area contributed by atoms with Gasteiger partial charge in [0.15, 0.2) is 0 Å². The summed E-state index contributed by atoms with van der Waals surface area (Å²) in [6.07, 6.45) is 3.71. The van der Waals surface area contributed by atoms with Gasteiger partial charge in [0.1, 0.15) is 0 Å². The first kappa shape index (κ1) is 15.2. The number of carbonyl (C=O) groups excluding carboxylic acids is 1. The lowest BCUT2D eigenvalue weighted by molar-refractivity contribution is -0.132. The SMILES string of the molecule is CCCN(Cc1ccccc1)C(=O)CCCCBr. The van der Waals surface area contributed by atoms with Gasteiger partial charge < -0.3 is 4.90 Å². The summed E-state index contributed by atoms with van der Waals surface area (Å²) in [7, 11) is 0. The van der Waals surface area contributed by atoms with Gasteiger partial charge in [-0.25, -0.2) is 0 Å². The number of nitrogens with zero attached hydrogens (tertiary/aromatic N) is 1. The Morgan fingerprint density at radius 3 is 2.56 bits per heavy atom. The molecule has 1 rings (SSSR count). The van der Waals surface area contributed by atoms with Gasteiger partial charge in [-0.3, -0.25) is 4.79 Å². The van der Waals surface area contributed by atoms with E-state index in [9.17, 15) is 4.79 Å². The lowest BCUT2D eigenvalue weighted by Crippen LogP contribution is -2.31. The van der Waals surface area contributed by atoms with Crippen molar-refractivity contribution in [1.29, 1.82) is 0 Å². The normalized spacial score (nSPS) is 10.3. The van der Waals surface area contributed by atoms with Crippen molar-refractivity contribution in [3.05, 3.63) is 35.9 Å². The topological polar surface area (TPSA) is 20.3 Å². The number of hydrogen-bond acceptors (Lipinski definition) is 1. The van der Waals surface area contributed by atoms with Gasteiger partial charge in [0.25, 0.3) is 0 Å². The van der Waals surface area contributed by atoms with Crippen molar-refractivity contribution < 1.29 is 4.79 Å². The fraction of sp³-hybridized carbons (Fsp3) is 0.533. The molecule has 0 aromatic heterocycles. The van der Waals surface area contributed by atoms with Gasteiger partial charge in [0.2, 0.25) is 5.91 Å². The summed E-state index contributed by atoms with van der Waals surface area (Å²) in [6.45, 7) is 3.70. The molecular weight excluding hydrogens is 290 g/mol. The van der Waals surface area contributed by atoms with Crippen LogP contribution in [0.1, 0.15) is 38.2 Å². The van der Waals surface area contributed by atoms with Crippen LogP contribution in [0, 0.1) is 0 Å². The molecule has 0 radical (unpaired) electrons.